The lowest BCUT2D eigenvalue weighted by Gasteiger charge is -2.22. The van der Waals surface area contributed by atoms with E-state index in [0.717, 1.165) is 63.1 Å². The summed E-state index contributed by atoms with van der Waals surface area (Å²) in [6, 6.07) is 10.2. The maximum absolute atomic E-state index is 11.9. The van der Waals surface area contributed by atoms with Gasteiger partial charge in [-0.05, 0) is 87.9 Å². The Morgan fingerprint density at radius 2 is 1.97 bits per heavy atom. The third-order valence-corrected chi connectivity index (χ3v) is 6.36. The van der Waals surface area contributed by atoms with Gasteiger partial charge in [-0.1, -0.05) is 24.6 Å². The lowest BCUT2D eigenvalue weighted by Crippen LogP contribution is -2.34. The van der Waals surface area contributed by atoms with Crippen LogP contribution in [0.5, 0.6) is 5.75 Å². The lowest BCUT2D eigenvalue weighted by atomic mass is 9.92. The monoisotopic (exact) mass is 495 g/mol. The van der Waals surface area contributed by atoms with Crippen LogP contribution in [0.1, 0.15) is 56.8 Å². The van der Waals surface area contributed by atoms with Crippen LogP contribution in [0.4, 0.5) is 4.79 Å². The highest BCUT2D eigenvalue weighted by Gasteiger charge is 2.22. The van der Waals surface area contributed by atoms with E-state index in [-0.39, 0.29) is 6.09 Å². The summed E-state index contributed by atoms with van der Waals surface area (Å²) in [5.41, 5.74) is 7.06. The van der Waals surface area contributed by atoms with Gasteiger partial charge in [0.05, 0.1) is 5.69 Å². The zero-order valence-electron chi connectivity index (χ0n) is 21.3. The first-order chi connectivity index (χ1) is 16.5. The number of hydrogen-bond donors (Lipinski definition) is 2. The molecule has 0 saturated carbocycles. The predicted molar refractivity (Wildman–Crippen MR) is 140 cm³/mol. The number of H-pyrrole nitrogens is 1. The number of benzene rings is 2. The number of fused-ring (bicyclic) bond motifs is 3. The molecule has 0 bridgehead atoms. The number of aryl methyl sites for hydroxylation is 3. The second kappa shape index (κ2) is 9.94. The minimum atomic E-state index is -0.494. The Balaban J connectivity index is 1.44. The molecule has 2 aromatic carbocycles. The van der Waals surface area contributed by atoms with Crippen LogP contribution in [0, 0.1) is 19.8 Å². The van der Waals surface area contributed by atoms with E-state index in [4.69, 9.17) is 26.1 Å². The molecule has 0 spiro atoms. The van der Waals surface area contributed by atoms with E-state index in [2.05, 4.69) is 49.3 Å². The highest BCUT2D eigenvalue weighted by molar-refractivity contribution is 6.30. The molecule has 4 rings (SSSR count). The normalized spacial score (nSPS) is 13.5. The van der Waals surface area contributed by atoms with Gasteiger partial charge in [0.2, 0.25) is 0 Å². The molecule has 0 saturated heterocycles. The van der Waals surface area contributed by atoms with Crippen molar-refractivity contribution in [2.45, 2.75) is 66.6 Å². The summed E-state index contributed by atoms with van der Waals surface area (Å²) in [4.78, 5) is 20.3. The standard InChI is InChI=1S/C28H34ClN3O3/c1-16(14-30-27(33)35-28(4,5)6)7-10-25-31-18(3)26(32-25)22-13-24-23(11-17(22)2)21-9-8-20(29)12-19(21)15-34-24/h8-9,11-13,16H,7,10,14-15H2,1-6H3,(H,30,33)(H,31,32). The van der Waals surface area contributed by atoms with Crippen LogP contribution in [0.3, 0.4) is 0 Å². The maximum Gasteiger partial charge on any atom is 0.407 e. The second-order valence-electron chi connectivity index (χ2n) is 10.4. The Labute approximate surface area is 212 Å². The van der Waals surface area contributed by atoms with Crippen LogP contribution < -0.4 is 10.1 Å². The van der Waals surface area contributed by atoms with E-state index >= 15 is 0 Å². The number of halogens is 1. The average Bonchev–Trinajstić information content (AvgIpc) is 3.14. The summed E-state index contributed by atoms with van der Waals surface area (Å²) >= 11 is 6.17. The van der Waals surface area contributed by atoms with Gasteiger partial charge in [-0.3, -0.25) is 0 Å². The van der Waals surface area contributed by atoms with Crippen LogP contribution in [0.15, 0.2) is 30.3 Å². The molecule has 3 aromatic rings. The summed E-state index contributed by atoms with van der Waals surface area (Å²) in [5.74, 6) is 2.11. The highest BCUT2D eigenvalue weighted by atomic mass is 35.5. The second-order valence-corrected chi connectivity index (χ2v) is 10.9. The number of rotatable bonds is 6. The predicted octanol–water partition coefficient (Wildman–Crippen LogP) is 7.00. The molecule has 0 fully saturated rings. The molecule has 0 radical (unpaired) electrons. The Kier molecular flexibility index (Phi) is 7.13. The van der Waals surface area contributed by atoms with Crippen LogP contribution in [0.2, 0.25) is 5.02 Å². The molecule has 2 heterocycles. The average molecular weight is 496 g/mol. The van der Waals surface area contributed by atoms with E-state index < -0.39 is 5.60 Å². The molecule has 6 nitrogen and oxygen atoms in total. The van der Waals surface area contributed by atoms with Crippen molar-refractivity contribution in [3.8, 4) is 28.1 Å². The number of nitrogens with one attached hydrogen (secondary N) is 2. The number of alkyl carbamates (subject to hydrolysis) is 1. The van der Waals surface area contributed by atoms with Crippen molar-refractivity contribution >= 4 is 17.7 Å². The SMILES string of the molecule is Cc1cc2c(cc1-c1nc(CCC(C)CNC(=O)OC(C)(C)C)[nH]c1C)OCc1cc(Cl)ccc1-2. The molecule has 1 aliphatic heterocycles. The largest absolute Gasteiger partial charge is 0.488 e. The van der Waals surface area contributed by atoms with Gasteiger partial charge < -0.3 is 19.8 Å². The zero-order chi connectivity index (χ0) is 25.3. The van der Waals surface area contributed by atoms with Crippen LogP contribution in [-0.2, 0) is 17.8 Å². The number of carbonyl (C=O) groups is 1. The smallest absolute Gasteiger partial charge is 0.407 e. The molecular formula is C28H34ClN3O3. The van der Waals surface area contributed by atoms with Crippen molar-refractivity contribution in [3.63, 3.8) is 0 Å². The molecule has 0 aliphatic carbocycles. The fourth-order valence-electron chi connectivity index (χ4n) is 4.33. The Bertz CT molecular complexity index is 1240. The number of aromatic nitrogens is 2. The number of ether oxygens (including phenoxy) is 2. The van der Waals surface area contributed by atoms with Gasteiger partial charge in [0, 0.05) is 34.8 Å². The Morgan fingerprint density at radius 3 is 2.71 bits per heavy atom. The van der Waals surface area contributed by atoms with Gasteiger partial charge in [0.25, 0.3) is 0 Å². The molecule has 1 atom stereocenters. The summed E-state index contributed by atoms with van der Waals surface area (Å²) in [5, 5.41) is 3.57. The topological polar surface area (TPSA) is 76.2 Å². The highest BCUT2D eigenvalue weighted by Crippen LogP contribution is 2.42. The zero-order valence-corrected chi connectivity index (χ0v) is 22.1. The van der Waals surface area contributed by atoms with Crippen molar-refractivity contribution in [2.24, 2.45) is 5.92 Å². The van der Waals surface area contributed by atoms with Crippen molar-refractivity contribution in [2.75, 3.05) is 6.54 Å². The van der Waals surface area contributed by atoms with Gasteiger partial charge in [-0.15, -0.1) is 0 Å². The third-order valence-electron chi connectivity index (χ3n) is 6.12. The lowest BCUT2D eigenvalue weighted by molar-refractivity contribution is 0.0520. The van der Waals surface area contributed by atoms with Crippen LogP contribution in [-0.4, -0.2) is 28.2 Å². The van der Waals surface area contributed by atoms with E-state index in [1.807, 2.05) is 32.9 Å². The summed E-state index contributed by atoms with van der Waals surface area (Å²) < 4.78 is 11.4. The fourth-order valence-corrected chi connectivity index (χ4v) is 4.53. The van der Waals surface area contributed by atoms with Crippen molar-refractivity contribution in [1.29, 1.82) is 0 Å². The van der Waals surface area contributed by atoms with E-state index in [9.17, 15) is 4.79 Å². The Morgan fingerprint density at radius 1 is 1.20 bits per heavy atom. The van der Waals surface area contributed by atoms with Crippen molar-refractivity contribution in [1.82, 2.24) is 15.3 Å². The minimum Gasteiger partial charge on any atom is -0.488 e. The quantitative estimate of drug-likeness (QED) is 0.386. The molecule has 35 heavy (non-hydrogen) atoms. The number of imidazole rings is 1. The Hall–Kier alpha value is -2.99. The van der Waals surface area contributed by atoms with E-state index in [1.165, 1.54) is 5.56 Å². The molecule has 1 aliphatic rings. The van der Waals surface area contributed by atoms with Gasteiger partial charge in [0.1, 0.15) is 23.8 Å². The van der Waals surface area contributed by atoms with Gasteiger partial charge >= 0.3 is 6.09 Å². The number of carbonyl (C=O) groups excluding carboxylic acids is 1. The first kappa shape index (κ1) is 25.1. The van der Waals surface area contributed by atoms with Gasteiger partial charge in [-0.2, -0.15) is 0 Å². The summed E-state index contributed by atoms with van der Waals surface area (Å²) in [6.45, 7) is 12.9. The molecule has 2 N–H and O–H groups in total. The van der Waals surface area contributed by atoms with Crippen LogP contribution >= 0.6 is 11.6 Å². The van der Waals surface area contributed by atoms with Crippen LogP contribution in [0.25, 0.3) is 22.4 Å². The molecule has 186 valence electrons. The minimum absolute atomic E-state index is 0.295. The van der Waals surface area contributed by atoms with E-state index in [0.29, 0.717) is 19.1 Å². The molecule has 7 heteroatoms. The molecule has 1 amide bonds. The van der Waals surface area contributed by atoms with Crippen molar-refractivity contribution < 1.29 is 14.3 Å². The van der Waals surface area contributed by atoms with Gasteiger partial charge in [-0.25, -0.2) is 9.78 Å². The summed E-state index contributed by atoms with van der Waals surface area (Å²) in [7, 11) is 0. The fraction of sp³-hybridized carbons (Fsp3) is 0.429. The number of hydrogen-bond acceptors (Lipinski definition) is 4. The summed E-state index contributed by atoms with van der Waals surface area (Å²) in [6.07, 6.45) is 1.32. The van der Waals surface area contributed by atoms with Crippen molar-refractivity contribution in [3.05, 3.63) is 58.0 Å². The number of aromatic amines is 1. The number of nitrogens with zero attached hydrogens (tertiary/aromatic N) is 1. The van der Waals surface area contributed by atoms with Gasteiger partial charge in [0.15, 0.2) is 0 Å². The van der Waals surface area contributed by atoms with E-state index in [1.54, 1.807) is 0 Å². The maximum atomic E-state index is 11.9. The first-order valence-corrected chi connectivity index (χ1v) is 12.5. The third kappa shape index (κ3) is 5.99. The molecule has 1 unspecified atom stereocenters. The number of amides is 1. The molecule has 1 aromatic heterocycles. The molecular weight excluding hydrogens is 462 g/mol. The first-order valence-electron chi connectivity index (χ1n) is 12.1.